The molecule has 106 valence electrons. The summed E-state index contributed by atoms with van der Waals surface area (Å²) in [5, 5.41) is 5.38. The molecule has 1 rings (SSSR count). The van der Waals surface area contributed by atoms with Gasteiger partial charge in [0, 0.05) is 13.7 Å². The van der Waals surface area contributed by atoms with E-state index in [1.165, 1.54) is 5.56 Å². The molecule has 2 N–H and O–H groups in total. The summed E-state index contributed by atoms with van der Waals surface area (Å²) in [7, 11) is 1.59. The van der Waals surface area contributed by atoms with E-state index in [2.05, 4.69) is 16.7 Å². The van der Waals surface area contributed by atoms with Crippen molar-refractivity contribution in [3.63, 3.8) is 0 Å². The number of urea groups is 1. The minimum Gasteiger partial charge on any atom is -0.491 e. The first kappa shape index (κ1) is 15.3. The van der Waals surface area contributed by atoms with E-state index in [1.54, 1.807) is 7.11 Å². The lowest BCUT2D eigenvalue weighted by Gasteiger charge is -2.11. The van der Waals surface area contributed by atoms with Crippen LogP contribution in [0.25, 0.3) is 0 Å². The van der Waals surface area contributed by atoms with Crippen LogP contribution >= 0.6 is 0 Å². The van der Waals surface area contributed by atoms with Gasteiger partial charge in [-0.15, -0.1) is 0 Å². The second-order valence-corrected chi connectivity index (χ2v) is 4.29. The molecule has 0 bridgehead atoms. The molecule has 0 saturated carbocycles. The standard InChI is InChI=1S/C14H22N2O3/c1-11-4-5-13(12(2)10-11)19-9-7-16-14(17)15-6-8-18-3/h4-5,10H,6-9H2,1-3H3,(H2,15,16,17). The molecule has 0 heterocycles. The third-order valence-electron chi connectivity index (χ3n) is 2.57. The molecule has 0 aliphatic rings. The highest BCUT2D eigenvalue weighted by atomic mass is 16.5. The van der Waals surface area contributed by atoms with Gasteiger partial charge in [-0.3, -0.25) is 0 Å². The Kier molecular flexibility index (Phi) is 6.74. The van der Waals surface area contributed by atoms with Crippen molar-refractivity contribution in [3.05, 3.63) is 29.3 Å². The summed E-state index contributed by atoms with van der Waals surface area (Å²) in [6, 6.07) is 5.82. The molecule has 0 fully saturated rings. The Labute approximate surface area is 114 Å². The van der Waals surface area contributed by atoms with E-state index in [1.807, 2.05) is 26.0 Å². The van der Waals surface area contributed by atoms with Gasteiger partial charge in [0.2, 0.25) is 0 Å². The predicted molar refractivity (Wildman–Crippen MR) is 74.7 cm³/mol. The fourth-order valence-electron chi connectivity index (χ4n) is 1.62. The molecular weight excluding hydrogens is 244 g/mol. The first-order chi connectivity index (χ1) is 9.13. The fraction of sp³-hybridized carbons (Fsp3) is 0.500. The van der Waals surface area contributed by atoms with Crippen LogP contribution in [0.3, 0.4) is 0 Å². The Morgan fingerprint density at radius 1 is 1.16 bits per heavy atom. The molecule has 2 amide bonds. The fourth-order valence-corrected chi connectivity index (χ4v) is 1.62. The van der Waals surface area contributed by atoms with E-state index in [-0.39, 0.29) is 6.03 Å². The van der Waals surface area contributed by atoms with Crippen LogP contribution in [-0.4, -0.2) is 39.4 Å². The smallest absolute Gasteiger partial charge is 0.314 e. The lowest BCUT2D eigenvalue weighted by atomic mass is 10.1. The lowest BCUT2D eigenvalue weighted by Crippen LogP contribution is -2.39. The van der Waals surface area contributed by atoms with E-state index in [4.69, 9.17) is 9.47 Å². The monoisotopic (exact) mass is 266 g/mol. The predicted octanol–water partition coefficient (Wildman–Crippen LogP) is 1.63. The number of rotatable bonds is 7. The zero-order chi connectivity index (χ0) is 14.1. The van der Waals surface area contributed by atoms with E-state index < -0.39 is 0 Å². The molecule has 0 saturated heterocycles. The highest BCUT2D eigenvalue weighted by Crippen LogP contribution is 2.18. The minimum absolute atomic E-state index is 0.207. The highest BCUT2D eigenvalue weighted by Gasteiger charge is 2.01. The molecule has 5 heteroatoms. The Morgan fingerprint density at radius 2 is 1.84 bits per heavy atom. The zero-order valence-corrected chi connectivity index (χ0v) is 11.8. The van der Waals surface area contributed by atoms with Crippen LogP contribution in [0.1, 0.15) is 11.1 Å². The van der Waals surface area contributed by atoms with E-state index in [0.29, 0.717) is 26.3 Å². The largest absolute Gasteiger partial charge is 0.491 e. The second-order valence-electron chi connectivity index (χ2n) is 4.29. The van der Waals surface area contributed by atoms with Gasteiger partial charge >= 0.3 is 6.03 Å². The number of nitrogens with one attached hydrogen (secondary N) is 2. The molecule has 1 aromatic carbocycles. The Balaban J connectivity index is 2.18. The Morgan fingerprint density at radius 3 is 2.47 bits per heavy atom. The topological polar surface area (TPSA) is 59.6 Å². The van der Waals surface area contributed by atoms with E-state index in [0.717, 1.165) is 11.3 Å². The molecule has 5 nitrogen and oxygen atoms in total. The van der Waals surface area contributed by atoms with E-state index in [9.17, 15) is 4.79 Å². The summed E-state index contributed by atoms with van der Waals surface area (Å²) >= 11 is 0. The Hall–Kier alpha value is -1.75. The molecule has 0 atom stereocenters. The van der Waals surface area contributed by atoms with Gasteiger partial charge in [-0.05, 0) is 25.5 Å². The van der Waals surface area contributed by atoms with Crippen molar-refractivity contribution in [2.75, 3.05) is 33.4 Å². The van der Waals surface area contributed by atoms with Gasteiger partial charge in [0.05, 0.1) is 13.2 Å². The third-order valence-corrected chi connectivity index (χ3v) is 2.57. The number of benzene rings is 1. The van der Waals surface area contributed by atoms with Crippen molar-refractivity contribution >= 4 is 6.03 Å². The summed E-state index contributed by atoms with van der Waals surface area (Å²) in [5.41, 5.74) is 2.31. The van der Waals surface area contributed by atoms with Crippen molar-refractivity contribution in [3.8, 4) is 5.75 Å². The maximum Gasteiger partial charge on any atom is 0.314 e. The number of ether oxygens (including phenoxy) is 2. The van der Waals surface area contributed by atoms with Crippen molar-refractivity contribution < 1.29 is 14.3 Å². The van der Waals surface area contributed by atoms with Crippen LogP contribution in [0.4, 0.5) is 4.79 Å². The number of methoxy groups -OCH3 is 1. The van der Waals surface area contributed by atoms with Gasteiger partial charge in [0.25, 0.3) is 0 Å². The normalized spacial score (nSPS) is 10.1. The molecule has 0 radical (unpaired) electrons. The molecule has 1 aromatic rings. The van der Waals surface area contributed by atoms with Crippen molar-refractivity contribution in [2.24, 2.45) is 0 Å². The minimum atomic E-state index is -0.207. The summed E-state index contributed by atoms with van der Waals surface area (Å²) in [4.78, 5) is 11.3. The summed E-state index contributed by atoms with van der Waals surface area (Å²) < 4.78 is 10.4. The van der Waals surface area contributed by atoms with Crippen LogP contribution in [0.2, 0.25) is 0 Å². The molecule has 0 unspecified atom stereocenters. The molecule has 0 aliphatic heterocycles. The van der Waals surface area contributed by atoms with Gasteiger partial charge in [0.1, 0.15) is 12.4 Å². The van der Waals surface area contributed by atoms with Crippen molar-refractivity contribution in [1.29, 1.82) is 0 Å². The SMILES string of the molecule is COCCNC(=O)NCCOc1ccc(C)cc1C. The van der Waals surface area contributed by atoms with Gasteiger partial charge in [-0.2, -0.15) is 0 Å². The first-order valence-corrected chi connectivity index (χ1v) is 6.34. The number of carbonyl (C=O) groups is 1. The quantitative estimate of drug-likeness (QED) is 0.737. The maximum absolute atomic E-state index is 11.3. The van der Waals surface area contributed by atoms with Crippen LogP contribution in [0, 0.1) is 13.8 Å². The number of amides is 2. The lowest BCUT2D eigenvalue weighted by molar-refractivity contribution is 0.195. The van der Waals surface area contributed by atoms with Gasteiger partial charge < -0.3 is 20.1 Å². The summed E-state index contributed by atoms with van der Waals surface area (Å²) in [6.07, 6.45) is 0. The van der Waals surface area contributed by atoms with Crippen LogP contribution in [0.15, 0.2) is 18.2 Å². The van der Waals surface area contributed by atoms with Gasteiger partial charge in [-0.1, -0.05) is 17.7 Å². The summed E-state index contributed by atoms with van der Waals surface area (Å²) in [5.74, 6) is 0.854. The molecule has 0 spiro atoms. The number of hydrogen-bond acceptors (Lipinski definition) is 3. The third kappa shape index (κ3) is 6.10. The molecule has 19 heavy (non-hydrogen) atoms. The number of carbonyl (C=O) groups excluding carboxylic acids is 1. The first-order valence-electron chi connectivity index (χ1n) is 6.34. The van der Waals surface area contributed by atoms with E-state index >= 15 is 0 Å². The van der Waals surface area contributed by atoms with Crippen molar-refractivity contribution in [2.45, 2.75) is 13.8 Å². The van der Waals surface area contributed by atoms with Crippen LogP contribution in [-0.2, 0) is 4.74 Å². The summed E-state index contributed by atoms with van der Waals surface area (Å²) in [6.45, 7) is 5.97. The van der Waals surface area contributed by atoms with Gasteiger partial charge in [0.15, 0.2) is 0 Å². The Bertz CT molecular complexity index is 408. The average molecular weight is 266 g/mol. The molecular formula is C14H22N2O3. The van der Waals surface area contributed by atoms with Gasteiger partial charge in [-0.25, -0.2) is 4.79 Å². The van der Waals surface area contributed by atoms with Crippen LogP contribution < -0.4 is 15.4 Å². The maximum atomic E-state index is 11.3. The number of aryl methyl sites for hydroxylation is 2. The zero-order valence-electron chi connectivity index (χ0n) is 11.8. The van der Waals surface area contributed by atoms with Crippen molar-refractivity contribution in [1.82, 2.24) is 10.6 Å². The molecule has 0 aliphatic carbocycles. The molecule has 0 aromatic heterocycles. The van der Waals surface area contributed by atoms with Crippen LogP contribution in [0.5, 0.6) is 5.75 Å². The highest BCUT2D eigenvalue weighted by molar-refractivity contribution is 5.73. The number of hydrogen-bond donors (Lipinski definition) is 2. The second kappa shape index (κ2) is 8.37. The average Bonchev–Trinajstić information content (AvgIpc) is 2.37.